The van der Waals surface area contributed by atoms with Crippen molar-refractivity contribution >= 4 is 17.5 Å². The highest BCUT2D eigenvalue weighted by Crippen LogP contribution is 2.32. The van der Waals surface area contributed by atoms with Crippen LogP contribution >= 0.6 is 11.6 Å². The Bertz CT molecular complexity index is 531. The van der Waals surface area contributed by atoms with Gasteiger partial charge in [0, 0.05) is 17.1 Å². The number of rotatable bonds is 4. The van der Waals surface area contributed by atoms with Crippen LogP contribution in [0.2, 0.25) is 5.02 Å². The summed E-state index contributed by atoms with van der Waals surface area (Å²) in [5.74, 6) is 0.794. The van der Waals surface area contributed by atoms with Gasteiger partial charge in [0.1, 0.15) is 0 Å². The third-order valence-electron chi connectivity index (χ3n) is 5.42. The van der Waals surface area contributed by atoms with Gasteiger partial charge in [0.25, 0.3) is 0 Å². The second kappa shape index (κ2) is 7.67. The molecule has 1 amide bonds. The molecule has 1 heterocycles. The number of hydrogen-bond donors (Lipinski definition) is 1. The van der Waals surface area contributed by atoms with Crippen molar-refractivity contribution in [2.24, 2.45) is 5.92 Å². The van der Waals surface area contributed by atoms with Crippen LogP contribution in [-0.2, 0) is 4.79 Å². The molecule has 3 atom stereocenters. The summed E-state index contributed by atoms with van der Waals surface area (Å²) in [6.45, 7) is 3.77. The number of halogens is 1. The number of hydrogen-bond acceptors (Lipinski definition) is 2. The average Bonchev–Trinajstić information content (AvgIpc) is 2.98. The van der Waals surface area contributed by atoms with E-state index in [0.717, 1.165) is 30.8 Å². The Morgan fingerprint density at radius 3 is 2.65 bits per heavy atom. The second-order valence-electron chi connectivity index (χ2n) is 7.12. The Labute approximate surface area is 144 Å². The lowest BCUT2D eigenvalue weighted by Crippen LogP contribution is -2.45. The summed E-state index contributed by atoms with van der Waals surface area (Å²) in [6.07, 6.45) is 7.19. The van der Waals surface area contributed by atoms with Gasteiger partial charge in [0.05, 0.1) is 6.54 Å². The number of carbonyl (C=O) groups is 1. The fraction of sp³-hybridized carbons (Fsp3) is 0.632. The SMILES string of the molecule is CC1CCCCC1NC(=O)CN1CCCC1c1ccc(Cl)cc1. The van der Waals surface area contributed by atoms with E-state index in [9.17, 15) is 4.79 Å². The first kappa shape index (κ1) is 16.8. The molecule has 0 aromatic heterocycles. The minimum atomic E-state index is 0.185. The zero-order chi connectivity index (χ0) is 16.2. The van der Waals surface area contributed by atoms with Crippen molar-refractivity contribution in [2.45, 2.75) is 57.5 Å². The Kier molecular flexibility index (Phi) is 5.60. The summed E-state index contributed by atoms with van der Waals surface area (Å²) in [6, 6.07) is 8.78. The molecule has 2 fully saturated rings. The number of nitrogens with one attached hydrogen (secondary N) is 1. The number of carbonyl (C=O) groups excluding carboxylic acids is 1. The molecule has 1 saturated heterocycles. The summed E-state index contributed by atoms with van der Waals surface area (Å²) >= 11 is 5.98. The molecule has 2 aliphatic rings. The molecule has 23 heavy (non-hydrogen) atoms. The fourth-order valence-electron chi connectivity index (χ4n) is 4.05. The zero-order valence-corrected chi connectivity index (χ0v) is 14.7. The molecule has 0 spiro atoms. The van der Waals surface area contributed by atoms with Gasteiger partial charge in [-0.05, 0) is 55.8 Å². The third kappa shape index (κ3) is 4.27. The summed E-state index contributed by atoms with van der Waals surface area (Å²) in [5.41, 5.74) is 1.27. The number of nitrogens with zero attached hydrogens (tertiary/aromatic N) is 1. The average molecular weight is 335 g/mol. The lowest BCUT2D eigenvalue weighted by atomic mass is 9.86. The van der Waals surface area contributed by atoms with Crippen LogP contribution in [0.4, 0.5) is 0 Å². The first-order valence-electron chi connectivity index (χ1n) is 8.92. The van der Waals surface area contributed by atoms with Gasteiger partial charge in [-0.3, -0.25) is 9.69 Å². The molecule has 1 aliphatic carbocycles. The summed E-state index contributed by atoms with van der Waals surface area (Å²) in [7, 11) is 0. The molecule has 126 valence electrons. The van der Waals surface area contributed by atoms with Crippen molar-refractivity contribution in [3.8, 4) is 0 Å². The van der Waals surface area contributed by atoms with E-state index in [4.69, 9.17) is 11.6 Å². The molecule has 0 radical (unpaired) electrons. The second-order valence-corrected chi connectivity index (χ2v) is 7.55. The van der Waals surface area contributed by atoms with Crippen LogP contribution in [0, 0.1) is 5.92 Å². The van der Waals surface area contributed by atoms with Crippen molar-refractivity contribution in [1.82, 2.24) is 10.2 Å². The molecule has 1 aliphatic heterocycles. The van der Waals surface area contributed by atoms with E-state index in [0.29, 0.717) is 24.5 Å². The standard InChI is InChI=1S/C19H27ClN2O/c1-14-5-2-3-6-17(14)21-19(23)13-22-12-4-7-18(22)15-8-10-16(20)11-9-15/h8-11,14,17-18H,2-7,12-13H2,1H3,(H,21,23). The van der Waals surface area contributed by atoms with Crippen molar-refractivity contribution in [2.75, 3.05) is 13.1 Å². The number of likely N-dealkylation sites (tertiary alicyclic amines) is 1. The van der Waals surface area contributed by atoms with Crippen LogP contribution in [-0.4, -0.2) is 29.9 Å². The van der Waals surface area contributed by atoms with E-state index >= 15 is 0 Å². The Balaban J connectivity index is 1.57. The van der Waals surface area contributed by atoms with Crippen LogP contribution in [0.3, 0.4) is 0 Å². The molecule has 4 heteroatoms. The van der Waals surface area contributed by atoms with E-state index in [1.165, 1.54) is 24.8 Å². The number of amides is 1. The first-order valence-corrected chi connectivity index (χ1v) is 9.30. The summed E-state index contributed by atoms with van der Waals surface area (Å²) in [4.78, 5) is 14.8. The van der Waals surface area contributed by atoms with Crippen molar-refractivity contribution in [3.63, 3.8) is 0 Å². The molecule has 1 saturated carbocycles. The topological polar surface area (TPSA) is 32.3 Å². The van der Waals surface area contributed by atoms with Gasteiger partial charge in [0.2, 0.25) is 5.91 Å². The van der Waals surface area contributed by atoms with Gasteiger partial charge in [-0.1, -0.05) is 43.5 Å². The maximum atomic E-state index is 12.5. The van der Waals surface area contributed by atoms with Gasteiger partial charge in [0.15, 0.2) is 0 Å². The highest BCUT2D eigenvalue weighted by molar-refractivity contribution is 6.30. The molecule has 0 bridgehead atoms. The first-order chi connectivity index (χ1) is 11.1. The Morgan fingerprint density at radius 2 is 1.91 bits per heavy atom. The highest BCUT2D eigenvalue weighted by atomic mass is 35.5. The van der Waals surface area contributed by atoms with Crippen LogP contribution in [0.5, 0.6) is 0 Å². The quantitative estimate of drug-likeness (QED) is 0.896. The predicted molar refractivity (Wildman–Crippen MR) is 94.6 cm³/mol. The Morgan fingerprint density at radius 1 is 1.17 bits per heavy atom. The fourth-order valence-corrected chi connectivity index (χ4v) is 4.17. The maximum absolute atomic E-state index is 12.5. The maximum Gasteiger partial charge on any atom is 0.234 e. The van der Waals surface area contributed by atoms with Crippen LogP contribution in [0.25, 0.3) is 0 Å². The summed E-state index contributed by atoms with van der Waals surface area (Å²) < 4.78 is 0. The Hall–Kier alpha value is -1.06. The minimum absolute atomic E-state index is 0.185. The van der Waals surface area contributed by atoms with Crippen LogP contribution < -0.4 is 5.32 Å². The lowest BCUT2D eigenvalue weighted by Gasteiger charge is -2.31. The number of benzene rings is 1. The normalized spacial score (nSPS) is 28.7. The van der Waals surface area contributed by atoms with Crippen molar-refractivity contribution in [1.29, 1.82) is 0 Å². The molecule has 1 aromatic carbocycles. The molecular weight excluding hydrogens is 308 g/mol. The van der Waals surface area contributed by atoms with Crippen molar-refractivity contribution in [3.05, 3.63) is 34.9 Å². The van der Waals surface area contributed by atoms with Crippen LogP contribution in [0.15, 0.2) is 24.3 Å². The van der Waals surface area contributed by atoms with E-state index in [2.05, 4.69) is 29.3 Å². The van der Waals surface area contributed by atoms with Gasteiger partial charge in [-0.2, -0.15) is 0 Å². The third-order valence-corrected chi connectivity index (χ3v) is 5.67. The largest absolute Gasteiger partial charge is 0.352 e. The van der Waals surface area contributed by atoms with Gasteiger partial charge >= 0.3 is 0 Å². The molecule has 1 aromatic rings. The predicted octanol–water partition coefficient (Wildman–Crippen LogP) is 4.17. The lowest BCUT2D eigenvalue weighted by molar-refractivity contribution is -0.123. The summed E-state index contributed by atoms with van der Waals surface area (Å²) in [5, 5.41) is 4.04. The molecule has 1 N–H and O–H groups in total. The zero-order valence-electron chi connectivity index (χ0n) is 13.9. The van der Waals surface area contributed by atoms with E-state index in [-0.39, 0.29) is 5.91 Å². The van der Waals surface area contributed by atoms with Crippen molar-refractivity contribution < 1.29 is 4.79 Å². The van der Waals surface area contributed by atoms with Gasteiger partial charge in [-0.15, -0.1) is 0 Å². The van der Waals surface area contributed by atoms with E-state index in [1.54, 1.807) is 0 Å². The van der Waals surface area contributed by atoms with Crippen LogP contribution in [0.1, 0.15) is 57.1 Å². The highest BCUT2D eigenvalue weighted by Gasteiger charge is 2.29. The molecule has 3 unspecified atom stereocenters. The monoisotopic (exact) mass is 334 g/mol. The molecule has 3 rings (SSSR count). The van der Waals surface area contributed by atoms with Gasteiger partial charge < -0.3 is 5.32 Å². The van der Waals surface area contributed by atoms with E-state index in [1.807, 2.05) is 12.1 Å². The van der Waals surface area contributed by atoms with E-state index < -0.39 is 0 Å². The smallest absolute Gasteiger partial charge is 0.234 e. The molecule has 3 nitrogen and oxygen atoms in total. The molecular formula is C19H27ClN2O. The minimum Gasteiger partial charge on any atom is -0.352 e. The van der Waals surface area contributed by atoms with Gasteiger partial charge in [-0.25, -0.2) is 0 Å².